The lowest BCUT2D eigenvalue weighted by molar-refractivity contribution is 0.191. The molecule has 0 bridgehead atoms. The van der Waals surface area contributed by atoms with Crippen molar-refractivity contribution in [3.05, 3.63) is 35.6 Å². The zero-order valence-corrected chi connectivity index (χ0v) is 7.63. The van der Waals surface area contributed by atoms with Gasteiger partial charge in [-0.25, -0.2) is 4.39 Å². The van der Waals surface area contributed by atoms with Crippen LogP contribution >= 0.6 is 0 Å². The molecule has 3 heteroatoms. The molecule has 0 saturated carbocycles. The highest BCUT2D eigenvalue weighted by Gasteiger charge is 1.96. The maximum absolute atomic E-state index is 12.7. The van der Waals surface area contributed by atoms with Crippen LogP contribution in [0.2, 0.25) is 0 Å². The summed E-state index contributed by atoms with van der Waals surface area (Å²) >= 11 is 0. The Morgan fingerprint density at radius 2 is 2.31 bits per heavy atom. The molecule has 0 aliphatic heterocycles. The maximum atomic E-state index is 12.7. The number of hydrogen-bond acceptors (Lipinski definition) is 2. The highest BCUT2D eigenvalue weighted by atomic mass is 19.1. The molecule has 0 aliphatic carbocycles. The van der Waals surface area contributed by atoms with E-state index in [9.17, 15) is 4.39 Å². The van der Waals surface area contributed by atoms with Gasteiger partial charge in [0.15, 0.2) is 0 Å². The fourth-order valence-electron chi connectivity index (χ4n) is 1.07. The van der Waals surface area contributed by atoms with Crippen molar-refractivity contribution < 1.29 is 9.50 Å². The van der Waals surface area contributed by atoms with Crippen LogP contribution in [0, 0.1) is 5.82 Å². The molecule has 1 unspecified atom stereocenters. The molecule has 0 saturated heterocycles. The van der Waals surface area contributed by atoms with Crippen molar-refractivity contribution in [2.75, 3.05) is 6.54 Å². The largest absolute Gasteiger partial charge is 0.392 e. The molecular weight excluding hydrogens is 169 g/mol. The Labute approximate surface area is 77.4 Å². The molecule has 13 heavy (non-hydrogen) atoms. The summed E-state index contributed by atoms with van der Waals surface area (Å²) in [6.45, 7) is 2.82. The molecule has 0 heterocycles. The quantitative estimate of drug-likeness (QED) is 0.737. The van der Waals surface area contributed by atoms with E-state index >= 15 is 0 Å². The minimum atomic E-state index is -0.367. The van der Waals surface area contributed by atoms with E-state index in [0.29, 0.717) is 13.1 Å². The van der Waals surface area contributed by atoms with Crippen molar-refractivity contribution in [2.45, 2.75) is 19.6 Å². The minimum absolute atomic E-state index is 0.226. The molecule has 1 rings (SSSR count). The molecule has 0 aliphatic rings. The average molecular weight is 183 g/mol. The number of halogens is 1. The van der Waals surface area contributed by atoms with Gasteiger partial charge in [0.1, 0.15) is 5.82 Å². The summed E-state index contributed by atoms with van der Waals surface area (Å²) < 4.78 is 12.7. The highest BCUT2D eigenvalue weighted by Crippen LogP contribution is 2.02. The molecule has 1 aromatic rings. The number of aliphatic hydroxyl groups is 1. The van der Waals surface area contributed by atoms with Gasteiger partial charge in [0.05, 0.1) is 6.10 Å². The molecule has 2 N–H and O–H groups in total. The van der Waals surface area contributed by atoms with Gasteiger partial charge in [-0.3, -0.25) is 0 Å². The monoisotopic (exact) mass is 183 g/mol. The lowest BCUT2D eigenvalue weighted by Crippen LogP contribution is -2.23. The van der Waals surface area contributed by atoms with E-state index in [0.717, 1.165) is 5.56 Å². The third-order valence-electron chi connectivity index (χ3n) is 1.66. The van der Waals surface area contributed by atoms with Crippen LogP contribution in [-0.2, 0) is 6.54 Å². The van der Waals surface area contributed by atoms with E-state index in [1.54, 1.807) is 13.0 Å². The second-order valence-corrected chi connectivity index (χ2v) is 3.11. The Morgan fingerprint density at radius 3 is 2.92 bits per heavy atom. The predicted octanol–water partition coefficient (Wildman–Crippen LogP) is 1.30. The normalized spacial score (nSPS) is 12.8. The van der Waals surface area contributed by atoms with E-state index in [-0.39, 0.29) is 11.9 Å². The van der Waals surface area contributed by atoms with Crippen molar-refractivity contribution in [3.63, 3.8) is 0 Å². The molecule has 0 radical (unpaired) electrons. The Kier molecular flexibility index (Phi) is 3.86. The third-order valence-corrected chi connectivity index (χ3v) is 1.66. The lowest BCUT2D eigenvalue weighted by Gasteiger charge is -2.06. The Balaban J connectivity index is 2.37. The Morgan fingerprint density at radius 1 is 1.54 bits per heavy atom. The standard InChI is InChI=1S/C10H14FNO/c1-8(13)6-12-7-9-3-2-4-10(11)5-9/h2-5,8,12-13H,6-7H2,1H3. The van der Waals surface area contributed by atoms with Crippen molar-refractivity contribution in [3.8, 4) is 0 Å². The van der Waals surface area contributed by atoms with E-state index in [1.807, 2.05) is 6.07 Å². The second-order valence-electron chi connectivity index (χ2n) is 3.11. The summed E-state index contributed by atoms with van der Waals surface area (Å²) in [4.78, 5) is 0. The number of rotatable bonds is 4. The summed E-state index contributed by atoms with van der Waals surface area (Å²) in [6, 6.07) is 6.42. The van der Waals surface area contributed by atoms with Crippen LogP contribution in [0.5, 0.6) is 0 Å². The summed E-state index contributed by atoms with van der Waals surface area (Å²) in [5.41, 5.74) is 0.889. The smallest absolute Gasteiger partial charge is 0.123 e. The zero-order chi connectivity index (χ0) is 9.68. The van der Waals surface area contributed by atoms with Crippen LogP contribution in [0.3, 0.4) is 0 Å². The summed E-state index contributed by atoms with van der Waals surface area (Å²) in [6.07, 6.45) is -0.367. The molecule has 72 valence electrons. The van der Waals surface area contributed by atoms with Crippen LogP contribution in [0.15, 0.2) is 24.3 Å². The second kappa shape index (κ2) is 4.94. The van der Waals surface area contributed by atoms with Crippen molar-refractivity contribution in [1.29, 1.82) is 0 Å². The van der Waals surface area contributed by atoms with E-state index in [1.165, 1.54) is 12.1 Å². The van der Waals surface area contributed by atoms with Crippen LogP contribution in [0.4, 0.5) is 4.39 Å². The molecular formula is C10H14FNO. The molecule has 0 amide bonds. The summed E-state index contributed by atoms with van der Waals surface area (Å²) in [7, 11) is 0. The van der Waals surface area contributed by atoms with Gasteiger partial charge in [-0.2, -0.15) is 0 Å². The average Bonchev–Trinajstić information content (AvgIpc) is 2.03. The molecule has 1 atom stereocenters. The van der Waals surface area contributed by atoms with Gasteiger partial charge in [-0.1, -0.05) is 12.1 Å². The number of aliphatic hydroxyl groups excluding tert-OH is 1. The van der Waals surface area contributed by atoms with Crippen LogP contribution < -0.4 is 5.32 Å². The zero-order valence-electron chi connectivity index (χ0n) is 7.63. The van der Waals surface area contributed by atoms with Gasteiger partial charge in [-0.15, -0.1) is 0 Å². The number of nitrogens with one attached hydrogen (secondary N) is 1. The highest BCUT2D eigenvalue weighted by molar-refractivity contribution is 5.15. The maximum Gasteiger partial charge on any atom is 0.123 e. The topological polar surface area (TPSA) is 32.3 Å². The summed E-state index contributed by atoms with van der Waals surface area (Å²) in [5.74, 6) is -0.226. The first-order chi connectivity index (χ1) is 6.18. The van der Waals surface area contributed by atoms with E-state index < -0.39 is 0 Å². The van der Waals surface area contributed by atoms with Crippen LogP contribution in [0.1, 0.15) is 12.5 Å². The lowest BCUT2D eigenvalue weighted by atomic mass is 10.2. The Hall–Kier alpha value is -0.930. The molecule has 0 spiro atoms. The Bertz CT molecular complexity index is 263. The molecule has 0 fully saturated rings. The molecule has 2 nitrogen and oxygen atoms in total. The minimum Gasteiger partial charge on any atom is -0.392 e. The van der Waals surface area contributed by atoms with Crippen molar-refractivity contribution >= 4 is 0 Å². The van der Waals surface area contributed by atoms with E-state index in [4.69, 9.17) is 5.11 Å². The number of benzene rings is 1. The van der Waals surface area contributed by atoms with Gasteiger partial charge >= 0.3 is 0 Å². The van der Waals surface area contributed by atoms with Gasteiger partial charge in [-0.05, 0) is 24.6 Å². The van der Waals surface area contributed by atoms with Gasteiger partial charge in [0.25, 0.3) is 0 Å². The van der Waals surface area contributed by atoms with Crippen LogP contribution in [-0.4, -0.2) is 17.8 Å². The van der Waals surface area contributed by atoms with Crippen molar-refractivity contribution in [1.82, 2.24) is 5.32 Å². The fourth-order valence-corrected chi connectivity index (χ4v) is 1.07. The molecule has 0 aromatic heterocycles. The van der Waals surface area contributed by atoms with Crippen molar-refractivity contribution in [2.24, 2.45) is 0 Å². The van der Waals surface area contributed by atoms with Gasteiger partial charge < -0.3 is 10.4 Å². The number of hydrogen-bond donors (Lipinski definition) is 2. The SMILES string of the molecule is CC(O)CNCc1cccc(F)c1. The summed E-state index contributed by atoms with van der Waals surface area (Å²) in [5, 5.41) is 12.0. The molecule has 1 aromatic carbocycles. The first kappa shape index (κ1) is 10.2. The fraction of sp³-hybridized carbons (Fsp3) is 0.400. The third kappa shape index (κ3) is 4.01. The first-order valence-corrected chi connectivity index (χ1v) is 4.31. The first-order valence-electron chi connectivity index (χ1n) is 4.31. The predicted molar refractivity (Wildman–Crippen MR) is 49.8 cm³/mol. The van der Waals surface area contributed by atoms with Gasteiger partial charge in [0.2, 0.25) is 0 Å². The van der Waals surface area contributed by atoms with Crippen LogP contribution in [0.25, 0.3) is 0 Å². The van der Waals surface area contributed by atoms with Gasteiger partial charge in [0, 0.05) is 13.1 Å². The van der Waals surface area contributed by atoms with E-state index in [2.05, 4.69) is 5.32 Å².